The Kier molecular flexibility index (Phi) is 8.92. The maximum absolute atomic E-state index is 6.72. The van der Waals surface area contributed by atoms with Crippen molar-refractivity contribution in [3.8, 4) is 5.75 Å². The lowest BCUT2D eigenvalue weighted by Crippen LogP contribution is -2.40. The summed E-state index contributed by atoms with van der Waals surface area (Å²) in [6.07, 6.45) is 32.6. The maximum atomic E-state index is 6.72. The van der Waals surface area contributed by atoms with E-state index in [0.29, 0.717) is 18.2 Å². The summed E-state index contributed by atoms with van der Waals surface area (Å²) >= 11 is 0. The van der Waals surface area contributed by atoms with Gasteiger partial charge < -0.3 is 24.4 Å². The predicted molar refractivity (Wildman–Crippen MR) is 207 cm³/mol. The molecule has 0 aromatic heterocycles. The number of hydrogen-bond donors (Lipinski definition) is 3. The zero-order valence-corrected chi connectivity index (χ0v) is 30.1. The van der Waals surface area contributed by atoms with Gasteiger partial charge in [0.05, 0.1) is 23.9 Å². The first kappa shape index (κ1) is 32.7. The fourth-order valence-corrected chi connectivity index (χ4v) is 10.0. The van der Waals surface area contributed by atoms with Gasteiger partial charge in [0.1, 0.15) is 18.2 Å². The molecule has 0 spiro atoms. The standard InChI is InChI=1S/C45H52N4O3/c1-2-8-29(9-3-1)33-20-27-42-39(28-33)48-45(52-42)32-18-25-36(26-19-32)49(34-21-14-30(15-22-34)43-46-37-10-4-6-12-40(37)50-43)35-23-16-31(17-24-35)44-47-38-11-5-7-13-41(38)51-44/h4-8,10-16,18,21-22,25,33,35,37,39-40,42-48H,1-3,9,17,19-20,23-24,26-28H2. The summed E-state index contributed by atoms with van der Waals surface area (Å²) in [7, 11) is 0. The third-order valence-corrected chi connectivity index (χ3v) is 12.9. The van der Waals surface area contributed by atoms with Crippen molar-refractivity contribution in [2.45, 2.75) is 126 Å². The van der Waals surface area contributed by atoms with Crippen LogP contribution in [0.3, 0.4) is 0 Å². The first-order valence-electron chi connectivity index (χ1n) is 20.1. The number of fused-ring (bicyclic) bond motifs is 3. The molecule has 8 aliphatic rings. The third-order valence-electron chi connectivity index (χ3n) is 12.9. The van der Waals surface area contributed by atoms with Gasteiger partial charge in [0.25, 0.3) is 0 Å². The molecule has 52 heavy (non-hydrogen) atoms. The number of nitrogens with one attached hydrogen (secondary N) is 3. The van der Waals surface area contributed by atoms with Crippen LogP contribution < -0.4 is 25.6 Å². The minimum Gasteiger partial charge on any atom is -0.465 e. The second-order valence-electron chi connectivity index (χ2n) is 16.0. The molecule has 1 saturated carbocycles. The minimum atomic E-state index is -0.107. The Morgan fingerprint density at radius 1 is 0.712 bits per heavy atom. The van der Waals surface area contributed by atoms with Crippen molar-refractivity contribution in [2.24, 2.45) is 5.92 Å². The molecule has 2 aromatic rings. The highest BCUT2D eigenvalue weighted by molar-refractivity contribution is 5.61. The summed E-state index contributed by atoms with van der Waals surface area (Å²) in [6.45, 7) is 0. The van der Waals surface area contributed by atoms with E-state index in [2.05, 4.69) is 112 Å². The fraction of sp³-hybridized carbons (Fsp3) is 0.467. The van der Waals surface area contributed by atoms with Gasteiger partial charge in [-0.2, -0.15) is 0 Å². The quantitative estimate of drug-likeness (QED) is 0.250. The van der Waals surface area contributed by atoms with Gasteiger partial charge in [-0.05, 0) is 130 Å². The van der Waals surface area contributed by atoms with Crippen LogP contribution in [0.25, 0.3) is 0 Å². The number of para-hydroxylation sites is 2. The minimum absolute atomic E-state index is 0.0371. The van der Waals surface area contributed by atoms with Gasteiger partial charge in [-0.1, -0.05) is 72.4 Å². The molecule has 0 bridgehead atoms. The summed E-state index contributed by atoms with van der Waals surface area (Å²) in [4.78, 5) is 2.63. The number of allylic oxidation sites excluding steroid dienone is 7. The van der Waals surface area contributed by atoms with E-state index in [1.54, 1.807) is 5.57 Å². The first-order chi connectivity index (χ1) is 25.7. The Morgan fingerprint density at radius 3 is 2.44 bits per heavy atom. The smallest absolute Gasteiger partial charge is 0.192 e. The topological polar surface area (TPSA) is 67.0 Å². The largest absolute Gasteiger partial charge is 0.465 e. The zero-order valence-electron chi connectivity index (χ0n) is 30.1. The molecule has 2 saturated heterocycles. The summed E-state index contributed by atoms with van der Waals surface area (Å²) in [5.41, 5.74) is 9.36. The molecule has 7 heteroatoms. The molecule has 9 unspecified atom stereocenters. The van der Waals surface area contributed by atoms with Crippen molar-refractivity contribution in [1.82, 2.24) is 10.6 Å². The highest BCUT2D eigenvalue weighted by atomic mass is 16.5. The van der Waals surface area contributed by atoms with Gasteiger partial charge in [-0.25, -0.2) is 0 Å². The first-order valence-corrected chi connectivity index (χ1v) is 20.1. The lowest BCUT2D eigenvalue weighted by molar-refractivity contribution is 0.0363. The fourth-order valence-electron chi connectivity index (χ4n) is 10.0. The van der Waals surface area contributed by atoms with Crippen molar-refractivity contribution >= 4 is 11.4 Å². The van der Waals surface area contributed by atoms with Gasteiger partial charge in [-0.3, -0.25) is 10.6 Å². The summed E-state index contributed by atoms with van der Waals surface area (Å²) in [5, 5.41) is 11.2. The second kappa shape index (κ2) is 14.2. The van der Waals surface area contributed by atoms with E-state index in [0.717, 1.165) is 49.5 Å². The van der Waals surface area contributed by atoms with E-state index in [9.17, 15) is 0 Å². The van der Waals surface area contributed by atoms with E-state index in [-0.39, 0.29) is 30.8 Å². The molecule has 2 aromatic carbocycles. The lowest BCUT2D eigenvalue weighted by Gasteiger charge is -2.39. The molecule has 270 valence electrons. The van der Waals surface area contributed by atoms with Crippen LogP contribution in [0, 0.1) is 5.92 Å². The number of nitrogens with zero attached hydrogens (tertiary/aromatic N) is 1. The van der Waals surface area contributed by atoms with Crippen molar-refractivity contribution in [1.29, 1.82) is 0 Å². The van der Waals surface area contributed by atoms with E-state index >= 15 is 0 Å². The van der Waals surface area contributed by atoms with Gasteiger partial charge in [0.2, 0.25) is 0 Å². The van der Waals surface area contributed by atoms with Crippen LogP contribution in [-0.2, 0) is 9.47 Å². The van der Waals surface area contributed by atoms with E-state index in [1.165, 1.54) is 73.0 Å². The van der Waals surface area contributed by atoms with Crippen LogP contribution in [0.15, 0.2) is 120 Å². The number of rotatable bonds is 7. The van der Waals surface area contributed by atoms with Crippen LogP contribution in [0.1, 0.15) is 88.8 Å². The molecule has 10 rings (SSSR count). The second-order valence-corrected chi connectivity index (χ2v) is 16.0. The summed E-state index contributed by atoms with van der Waals surface area (Å²) < 4.78 is 19.4. The van der Waals surface area contributed by atoms with E-state index in [1.807, 2.05) is 6.07 Å². The highest BCUT2D eigenvalue weighted by Crippen LogP contribution is 2.42. The third kappa shape index (κ3) is 6.40. The average molecular weight is 697 g/mol. The molecule has 5 aliphatic carbocycles. The van der Waals surface area contributed by atoms with Crippen molar-refractivity contribution in [3.05, 3.63) is 125 Å². The highest BCUT2D eigenvalue weighted by Gasteiger charge is 2.42. The number of benzene rings is 2. The van der Waals surface area contributed by atoms with Crippen LogP contribution >= 0.6 is 0 Å². The Morgan fingerprint density at radius 2 is 1.63 bits per heavy atom. The number of ether oxygens (including phenoxy) is 3. The molecule has 3 N–H and O–H groups in total. The Hall–Kier alpha value is -3.88. The van der Waals surface area contributed by atoms with Gasteiger partial charge in [0, 0.05) is 23.5 Å². The molecule has 7 nitrogen and oxygen atoms in total. The predicted octanol–water partition coefficient (Wildman–Crippen LogP) is 8.87. The van der Waals surface area contributed by atoms with Crippen LogP contribution in [0.2, 0.25) is 0 Å². The summed E-state index contributed by atoms with van der Waals surface area (Å²) in [6, 6.07) is 18.4. The van der Waals surface area contributed by atoms with Gasteiger partial charge in [-0.15, -0.1) is 0 Å². The normalized spacial score (nSPS) is 34.9. The lowest BCUT2D eigenvalue weighted by atomic mass is 9.77. The van der Waals surface area contributed by atoms with E-state index < -0.39 is 0 Å². The van der Waals surface area contributed by atoms with Crippen molar-refractivity contribution in [3.63, 3.8) is 0 Å². The SMILES string of the molecule is C1=CC2NC(c3ccc(N(C4=CC=C(C5NC6CC(C7=CCCCC7)CCC6O5)CC4)C4CC=C(C5Nc6ccccc6O5)CC4)cc3)OC2C=C1. The van der Waals surface area contributed by atoms with Crippen molar-refractivity contribution in [2.75, 3.05) is 10.2 Å². The van der Waals surface area contributed by atoms with Gasteiger partial charge in [0.15, 0.2) is 6.23 Å². The molecule has 3 heterocycles. The maximum Gasteiger partial charge on any atom is 0.192 e. The monoisotopic (exact) mass is 696 g/mol. The van der Waals surface area contributed by atoms with Crippen LogP contribution in [0.4, 0.5) is 11.4 Å². The molecular weight excluding hydrogens is 645 g/mol. The van der Waals surface area contributed by atoms with Crippen LogP contribution in [0.5, 0.6) is 5.75 Å². The molecule has 9 atom stereocenters. The molecule has 0 radical (unpaired) electrons. The number of hydrogen-bond acceptors (Lipinski definition) is 7. The Balaban J connectivity index is 0.868. The Bertz CT molecular complexity index is 1800. The van der Waals surface area contributed by atoms with Crippen molar-refractivity contribution < 1.29 is 14.2 Å². The molecular formula is C45H52N4O3. The van der Waals surface area contributed by atoms with E-state index in [4.69, 9.17) is 14.2 Å². The molecule has 3 fully saturated rings. The number of anilines is 2. The summed E-state index contributed by atoms with van der Waals surface area (Å²) in [5.74, 6) is 1.69. The Labute approximate surface area is 308 Å². The van der Waals surface area contributed by atoms with Crippen LogP contribution in [-0.4, -0.2) is 42.8 Å². The molecule has 3 aliphatic heterocycles. The zero-order chi connectivity index (χ0) is 34.4. The average Bonchev–Trinajstić information content (AvgIpc) is 3.96. The van der Waals surface area contributed by atoms with Gasteiger partial charge >= 0.3 is 0 Å². The molecule has 0 amide bonds.